The summed E-state index contributed by atoms with van der Waals surface area (Å²) in [6.45, 7) is 4.30. The Hall–Kier alpha value is -2.67. The number of nitrogens with zero attached hydrogens (tertiary/aromatic N) is 6. The average molecular weight is 572 g/mol. The molecule has 2 aliphatic rings. The number of rotatable bonds is 5. The third kappa shape index (κ3) is 4.63. The molecule has 2 radical (unpaired) electrons. The molecule has 5 rings (SSSR count). The van der Waals surface area contributed by atoms with Crippen molar-refractivity contribution in [2.45, 2.75) is 49.7 Å². The van der Waals surface area contributed by atoms with Crippen LogP contribution < -0.4 is 15.1 Å². The van der Waals surface area contributed by atoms with Crippen LogP contribution in [0.25, 0.3) is 0 Å². The summed E-state index contributed by atoms with van der Waals surface area (Å²) in [7, 11) is 3.64. The van der Waals surface area contributed by atoms with Crippen molar-refractivity contribution in [3.63, 3.8) is 0 Å². The summed E-state index contributed by atoms with van der Waals surface area (Å²) < 4.78 is 15.1. The van der Waals surface area contributed by atoms with Gasteiger partial charge in [0.2, 0.25) is 11.9 Å². The van der Waals surface area contributed by atoms with E-state index in [9.17, 15) is 9.18 Å². The van der Waals surface area contributed by atoms with Crippen molar-refractivity contribution in [1.29, 1.82) is 0 Å². The standard InChI is InChI=1S/C23H26FN7O.CH3.Sb/c1-13-20-21(29(3)14(2)22(32)30(20)4)28-23(27-13)25-10-15-11-26-31(12-15)19-9-18(19)16-5-7-17(24)8-6-16;;/h5-8,11-12,14,18-19H,9-10H2,1-4H3,(H,25,27,28);1H3;/t14-,18?,19?;;/m0../s1. The van der Waals surface area contributed by atoms with Gasteiger partial charge in [-0.05, 0) is 38.0 Å². The third-order valence-electron chi connectivity index (χ3n) is 6.48. The van der Waals surface area contributed by atoms with Gasteiger partial charge in [-0.1, -0.05) is 12.1 Å². The van der Waals surface area contributed by atoms with E-state index in [0.29, 0.717) is 24.5 Å². The molecule has 1 aliphatic heterocycles. The molecule has 3 aromatic rings. The second-order valence-corrected chi connectivity index (χ2v) is 8.63. The molecule has 178 valence electrons. The summed E-state index contributed by atoms with van der Waals surface area (Å²) in [6, 6.07) is 6.75. The summed E-state index contributed by atoms with van der Waals surface area (Å²) in [5, 5.41) is 7.81. The van der Waals surface area contributed by atoms with E-state index in [-0.39, 0.29) is 17.8 Å². The Morgan fingerprint density at radius 2 is 1.88 bits per heavy atom. The van der Waals surface area contributed by atoms with Crippen LogP contribution in [-0.2, 0) is 11.3 Å². The number of hydrogen-bond acceptors (Lipinski definition) is 6. The summed E-state index contributed by atoms with van der Waals surface area (Å²) in [5.41, 5.74) is 3.67. The first kappa shape index (κ1) is 24.5. The summed E-state index contributed by atoms with van der Waals surface area (Å²) >= 11 is 1.75. The molecule has 34 heavy (non-hydrogen) atoms. The van der Waals surface area contributed by atoms with Gasteiger partial charge in [0.1, 0.15) is 17.5 Å². The van der Waals surface area contributed by atoms with Crippen LogP contribution in [0.5, 0.6) is 0 Å². The van der Waals surface area contributed by atoms with Crippen LogP contribution in [0.2, 0.25) is 4.87 Å². The van der Waals surface area contributed by atoms with Crippen molar-refractivity contribution in [3.8, 4) is 0 Å². The molecule has 1 fully saturated rings. The monoisotopic (exact) mass is 571 g/mol. The van der Waals surface area contributed by atoms with Crippen molar-refractivity contribution in [2.75, 3.05) is 29.2 Å². The van der Waals surface area contributed by atoms with Crippen LogP contribution >= 0.6 is 0 Å². The van der Waals surface area contributed by atoms with Crippen LogP contribution in [0.3, 0.4) is 0 Å². The van der Waals surface area contributed by atoms with Gasteiger partial charge in [-0.15, -0.1) is 0 Å². The minimum atomic E-state index is -0.277. The van der Waals surface area contributed by atoms with E-state index in [2.05, 4.69) is 25.3 Å². The van der Waals surface area contributed by atoms with Gasteiger partial charge in [-0.3, -0.25) is 9.48 Å². The van der Waals surface area contributed by atoms with Crippen LogP contribution in [0, 0.1) is 12.7 Å². The number of aromatic nitrogens is 4. The average Bonchev–Trinajstić information content (AvgIpc) is 3.50. The fraction of sp³-hybridized carbons (Fsp3) is 0.417. The Morgan fingerprint density at radius 1 is 1.18 bits per heavy atom. The van der Waals surface area contributed by atoms with Crippen molar-refractivity contribution in [3.05, 3.63) is 59.3 Å². The summed E-state index contributed by atoms with van der Waals surface area (Å²) in [4.78, 5) is 27.2. The molecule has 2 unspecified atom stereocenters. The summed E-state index contributed by atoms with van der Waals surface area (Å²) in [5.74, 6) is 1.45. The van der Waals surface area contributed by atoms with Crippen LogP contribution in [-0.4, -0.2) is 68.8 Å². The zero-order valence-electron chi connectivity index (χ0n) is 20.0. The van der Waals surface area contributed by atoms with Gasteiger partial charge in [-0.2, -0.15) is 10.1 Å². The van der Waals surface area contributed by atoms with E-state index < -0.39 is 0 Å². The number of amides is 1. The quantitative estimate of drug-likeness (QED) is 0.473. The Labute approximate surface area is 213 Å². The normalized spacial score (nSPS) is 21.0. The number of carbonyl (C=O) groups is 1. The predicted octanol–water partition coefficient (Wildman–Crippen LogP) is 3.47. The topological polar surface area (TPSA) is 79.2 Å². The number of aryl methyl sites for hydroxylation is 1. The molecule has 3 heterocycles. The van der Waals surface area contributed by atoms with Gasteiger partial charge in [0.15, 0.2) is 5.82 Å². The molecule has 1 saturated carbocycles. The first-order chi connectivity index (χ1) is 16.3. The van der Waals surface area contributed by atoms with E-state index in [0.717, 1.165) is 34.7 Å². The predicted molar refractivity (Wildman–Crippen MR) is 132 cm³/mol. The first-order valence-corrected chi connectivity index (χ1v) is 13.7. The Bertz CT molecular complexity index is 1180. The van der Waals surface area contributed by atoms with E-state index in [1.54, 1.807) is 35.0 Å². The van der Waals surface area contributed by atoms with Crippen molar-refractivity contribution >= 4 is 46.4 Å². The molecule has 1 amide bonds. The Morgan fingerprint density at radius 3 is 2.59 bits per heavy atom. The van der Waals surface area contributed by atoms with Gasteiger partial charge < -0.3 is 15.1 Å². The maximum atomic E-state index is 13.2. The van der Waals surface area contributed by atoms with E-state index in [4.69, 9.17) is 0 Å². The van der Waals surface area contributed by atoms with Crippen molar-refractivity contribution in [1.82, 2.24) is 19.7 Å². The molecule has 2 aromatic heterocycles. The van der Waals surface area contributed by atoms with Gasteiger partial charge in [0, 0.05) is 38.3 Å². The van der Waals surface area contributed by atoms with Gasteiger partial charge in [0.25, 0.3) is 0 Å². The molecule has 0 saturated heterocycles. The number of anilines is 3. The second kappa shape index (κ2) is 9.90. The molecule has 1 aromatic carbocycles. The molecule has 0 bridgehead atoms. The SMILES string of the molecule is Cc1nc(NCc2cnn(C3CC3c3ccc(F)cc3)c2)nc2c1N(C)C(=O)[C@H](C)N2C.[CH3][Sb]. The van der Waals surface area contributed by atoms with Crippen LogP contribution in [0.15, 0.2) is 36.7 Å². The number of fused-ring (bicyclic) bond motifs is 1. The molecular formula is C24H29FN7OSb. The molecule has 0 spiro atoms. The Balaban J connectivity index is 0.00000133. The fourth-order valence-corrected chi connectivity index (χ4v) is 4.38. The van der Waals surface area contributed by atoms with E-state index in [1.165, 1.54) is 12.1 Å². The molecule has 3 atom stereocenters. The van der Waals surface area contributed by atoms with E-state index in [1.807, 2.05) is 55.0 Å². The molecule has 8 nitrogen and oxygen atoms in total. The van der Waals surface area contributed by atoms with E-state index >= 15 is 0 Å². The zero-order valence-corrected chi connectivity index (χ0v) is 22.6. The van der Waals surface area contributed by atoms with Gasteiger partial charge in [0.05, 0.1) is 17.9 Å². The summed E-state index contributed by atoms with van der Waals surface area (Å²) in [6.07, 6.45) is 4.89. The number of carbonyl (C=O) groups excluding carboxylic acids is 1. The zero-order chi connectivity index (χ0) is 24.6. The van der Waals surface area contributed by atoms with Crippen LogP contribution in [0.4, 0.5) is 21.8 Å². The number of hydrogen-bond donors (Lipinski definition) is 1. The number of likely N-dealkylation sites (N-methyl/N-ethyl adjacent to an activating group) is 2. The third-order valence-corrected chi connectivity index (χ3v) is 6.48. The van der Waals surface area contributed by atoms with Gasteiger partial charge in [-0.25, -0.2) is 9.37 Å². The molecule has 1 N–H and O–H groups in total. The van der Waals surface area contributed by atoms with Gasteiger partial charge >= 0.3 is 27.9 Å². The number of halogens is 1. The second-order valence-electron chi connectivity index (χ2n) is 8.63. The maximum absolute atomic E-state index is 13.2. The molecule has 1 aliphatic carbocycles. The minimum absolute atomic E-state index is 0.0267. The fourth-order valence-electron chi connectivity index (χ4n) is 4.38. The Kier molecular flexibility index (Phi) is 7.12. The first-order valence-electron chi connectivity index (χ1n) is 11.2. The number of benzene rings is 1. The van der Waals surface area contributed by atoms with Crippen LogP contribution in [0.1, 0.15) is 42.1 Å². The van der Waals surface area contributed by atoms with Crippen molar-refractivity contribution in [2.24, 2.45) is 0 Å². The molecular weight excluding hydrogens is 543 g/mol. The van der Waals surface area contributed by atoms with Crippen molar-refractivity contribution < 1.29 is 9.18 Å². The molecule has 10 heteroatoms. The number of nitrogens with one attached hydrogen (secondary N) is 1.